The first kappa shape index (κ1) is 17.8. The summed E-state index contributed by atoms with van der Waals surface area (Å²) in [5.41, 5.74) is 2.36. The van der Waals surface area contributed by atoms with Gasteiger partial charge in [0.05, 0.1) is 12.5 Å². The summed E-state index contributed by atoms with van der Waals surface area (Å²) in [4.78, 5) is 0. The summed E-state index contributed by atoms with van der Waals surface area (Å²) in [6.07, 6.45) is 16.0. The molecule has 1 fully saturated rings. The van der Waals surface area contributed by atoms with Crippen molar-refractivity contribution in [3.8, 4) is 0 Å². The van der Waals surface area contributed by atoms with Crippen molar-refractivity contribution < 1.29 is 19.7 Å². The van der Waals surface area contributed by atoms with E-state index in [2.05, 4.69) is 0 Å². The monoisotopic (exact) mass is 342 g/mol. The second-order valence-electron chi connectivity index (χ2n) is 6.59. The second-order valence-corrected chi connectivity index (χ2v) is 6.59. The first-order valence-electron chi connectivity index (χ1n) is 8.91. The first-order valence-corrected chi connectivity index (χ1v) is 8.91. The SMILES string of the molecule is CC1=C(O)\C2=C/C=C\C=C/C=CC2C(O)=C1C1CCCOCOCC1. The highest BCUT2D eigenvalue weighted by Gasteiger charge is 2.33. The average molecular weight is 342 g/mol. The molecule has 0 spiro atoms. The average Bonchev–Trinajstić information content (AvgIpc) is 2.82. The molecule has 4 nitrogen and oxygen atoms in total. The highest BCUT2D eigenvalue weighted by atomic mass is 16.7. The number of allylic oxidation sites excluding steroid dienone is 10. The topological polar surface area (TPSA) is 58.9 Å². The molecule has 0 aromatic rings. The van der Waals surface area contributed by atoms with Gasteiger partial charge in [0.15, 0.2) is 0 Å². The van der Waals surface area contributed by atoms with Gasteiger partial charge in [-0.05, 0) is 37.7 Å². The van der Waals surface area contributed by atoms with Crippen molar-refractivity contribution in [1.29, 1.82) is 0 Å². The molecule has 1 aliphatic heterocycles. The lowest BCUT2D eigenvalue weighted by Gasteiger charge is -2.31. The number of aliphatic hydroxyl groups is 2. The number of fused-ring (bicyclic) bond motifs is 1. The number of rotatable bonds is 1. The molecule has 2 atom stereocenters. The van der Waals surface area contributed by atoms with Gasteiger partial charge < -0.3 is 19.7 Å². The zero-order chi connectivity index (χ0) is 17.6. The van der Waals surface area contributed by atoms with E-state index in [1.165, 1.54) is 0 Å². The molecule has 3 rings (SSSR count). The quantitative estimate of drug-likeness (QED) is 0.728. The van der Waals surface area contributed by atoms with Gasteiger partial charge in [-0.3, -0.25) is 0 Å². The Balaban J connectivity index is 2.00. The molecule has 0 amide bonds. The first-order chi connectivity index (χ1) is 12.2. The van der Waals surface area contributed by atoms with Gasteiger partial charge in [0.2, 0.25) is 0 Å². The van der Waals surface area contributed by atoms with Crippen LogP contribution in [0.1, 0.15) is 26.2 Å². The molecule has 25 heavy (non-hydrogen) atoms. The third kappa shape index (κ3) is 3.97. The van der Waals surface area contributed by atoms with Crippen LogP contribution in [0.4, 0.5) is 0 Å². The molecule has 0 saturated carbocycles. The number of aliphatic hydroxyl groups excluding tert-OH is 2. The molecule has 4 heteroatoms. The molecule has 3 aliphatic rings. The van der Waals surface area contributed by atoms with Gasteiger partial charge in [0.25, 0.3) is 0 Å². The molecule has 0 radical (unpaired) electrons. The Morgan fingerprint density at radius 3 is 2.60 bits per heavy atom. The molecule has 0 aromatic heterocycles. The van der Waals surface area contributed by atoms with Gasteiger partial charge in [-0.25, -0.2) is 0 Å². The third-order valence-corrected chi connectivity index (χ3v) is 4.99. The molecular weight excluding hydrogens is 316 g/mol. The lowest BCUT2D eigenvalue weighted by Crippen LogP contribution is -2.22. The summed E-state index contributed by atoms with van der Waals surface area (Å²) < 4.78 is 10.9. The maximum Gasteiger partial charge on any atom is 0.146 e. The van der Waals surface area contributed by atoms with Crippen LogP contribution >= 0.6 is 0 Å². The van der Waals surface area contributed by atoms with Crippen LogP contribution in [0, 0.1) is 11.8 Å². The van der Waals surface area contributed by atoms with Crippen molar-refractivity contribution in [2.75, 3.05) is 20.0 Å². The van der Waals surface area contributed by atoms with Gasteiger partial charge in [-0.15, -0.1) is 0 Å². The van der Waals surface area contributed by atoms with Gasteiger partial charge in [-0.2, -0.15) is 0 Å². The van der Waals surface area contributed by atoms with E-state index in [1.54, 1.807) is 0 Å². The molecule has 1 saturated heterocycles. The number of hydrogen-bond donors (Lipinski definition) is 2. The third-order valence-electron chi connectivity index (χ3n) is 4.99. The van der Waals surface area contributed by atoms with Crippen molar-refractivity contribution in [1.82, 2.24) is 0 Å². The van der Waals surface area contributed by atoms with Crippen LogP contribution in [0.3, 0.4) is 0 Å². The molecule has 0 bridgehead atoms. The van der Waals surface area contributed by atoms with E-state index in [0.29, 0.717) is 25.8 Å². The fraction of sp³-hybridized carbons (Fsp3) is 0.429. The Kier molecular flexibility index (Phi) is 5.95. The summed E-state index contributed by atoms with van der Waals surface area (Å²) in [7, 11) is 0. The van der Waals surface area contributed by atoms with Crippen molar-refractivity contribution in [2.24, 2.45) is 11.8 Å². The summed E-state index contributed by atoms with van der Waals surface area (Å²) in [5.74, 6) is 0.436. The lowest BCUT2D eigenvalue weighted by molar-refractivity contribution is -0.0509. The summed E-state index contributed by atoms with van der Waals surface area (Å²) >= 11 is 0. The smallest absolute Gasteiger partial charge is 0.146 e. The fourth-order valence-corrected chi connectivity index (χ4v) is 3.69. The molecule has 134 valence electrons. The zero-order valence-corrected chi connectivity index (χ0v) is 14.6. The Morgan fingerprint density at radius 2 is 1.72 bits per heavy atom. The molecule has 2 aliphatic carbocycles. The molecule has 0 aromatic carbocycles. The second kappa shape index (κ2) is 8.37. The lowest BCUT2D eigenvalue weighted by atomic mass is 9.76. The van der Waals surface area contributed by atoms with E-state index in [1.807, 2.05) is 49.5 Å². The van der Waals surface area contributed by atoms with Crippen LogP contribution in [0.15, 0.2) is 70.8 Å². The standard InChI is InChI=1S/C21H26O4/c1-15-19(16-8-7-12-24-14-25-13-11-16)21(23)18-10-6-4-2-3-5-9-17(18)20(15)22/h2-6,9-10,16,18,22-23H,7-8,11-14H2,1H3/b4-2-,5-3-,10-6?,17-9-. The molecule has 2 N–H and O–H groups in total. The molecule has 2 unspecified atom stereocenters. The summed E-state index contributed by atoms with van der Waals surface area (Å²) in [6.45, 7) is 3.46. The van der Waals surface area contributed by atoms with Crippen LogP contribution in [0.5, 0.6) is 0 Å². The molecule has 1 heterocycles. The van der Waals surface area contributed by atoms with Crippen molar-refractivity contribution >= 4 is 0 Å². The van der Waals surface area contributed by atoms with Gasteiger partial charge in [0, 0.05) is 17.8 Å². The number of ether oxygens (including phenoxy) is 2. The predicted octanol–water partition coefficient (Wildman–Crippen LogP) is 4.66. The van der Waals surface area contributed by atoms with Crippen molar-refractivity contribution in [3.05, 3.63) is 70.8 Å². The van der Waals surface area contributed by atoms with Crippen LogP contribution in [-0.2, 0) is 9.47 Å². The normalized spacial score (nSPS) is 32.9. The Hall–Kier alpha value is -2.04. The van der Waals surface area contributed by atoms with E-state index in [-0.39, 0.29) is 17.6 Å². The van der Waals surface area contributed by atoms with Crippen LogP contribution in [-0.4, -0.2) is 30.2 Å². The Morgan fingerprint density at radius 1 is 0.960 bits per heavy atom. The Labute approximate surface area is 149 Å². The van der Waals surface area contributed by atoms with E-state index >= 15 is 0 Å². The summed E-state index contributed by atoms with van der Waals surface area (Å²) in [6, 6.07) is 0. The van der Waals surface area contributed by atoms with E-state index < -0.39 is 0 Å². The highest BCUT2D eigenvalue weighted by molar-refractivity contribution is 5.53. The van der Waals surface area contributed by atoms with Crippen molar-refractivity contribution in [3.63, 3.8) is 0 Å². The molecular formula is C21H26O4. The maximum atomic E-state index is 11.1. The van der Waals surface area contributed by atoms with E-state index in [9.17, 15) is 10.2 Å². The largest absolute Gasteiger partial charge is 0.511 e. The minimum atomic E-state index is -0.323. The van der Waals surface area contributed by atoms with Gasteiger partial charge >= 0.3 is 0 Å². The minimum Gasteiger partial charge on any atom is -0.511 e. The Bertz CT molecular complexity index is 666. The van der Waals surface area contributed by atoms with Crippen LogP contribution in [0.2, 0.25) is 0 Å². The van der Waals surface area contributed by atoms with Gasteiger partial charge in [0.1, 0.15) is 18.3 Å². The highest BCUT2D eigenvalue weighted by Crippen LogP contribution is 2.42. The summed E-state index contributed by atoms with van der Waals surface area (Å²) in [5, 5.41) is 21.9. The van der Waals surface area contributed by atoms with E-state index in [4.69, 9.17) is 9.47 Å². The predicted molar refractivity (Wildman–Crippen MR) is 98.1 cm³/mol. The number of hydrogen-bond acceptors (Lipinski definition) is 4. The van der Waals surface area contributed by atoms with Gasteiger partial charge in [-0.1, -0.05) is 42.5 Å². The fourth-order valence-electron chi connectivity index (χ4n) is 3.69. The minimum absolute atomic E-state index is 0.150. The van der Waals surface area contributed by atoms with Crippen molar-refractivity contribution in [2.45, 2.75) is 26.2 Å². The maximum absolute atomic E-state index is 11.1. The van der Waals surface area contributed by atoms with Crippen LogP contribution in [0.25, 0.3) is 0 Å². The van der Waals surface area contributed by atoms with E-state index in [0.717, 1.165) is 36.0 Å². The van der Waals surface area contributed by atoms with Crippen LogP contribution < -0.4 is 0 Å². The zero-order valence-electron chi connectivity index (χ0n) is 14.6.